The lowest BCUT2D eigenvalue weighted by Crippen LogP contribution is -2.48. The molecule has 0 saturated carbocycles. The van der Waals surface area contributed by atoms with Crippen molar-refractivity contribution in [2.45, 2.75) is 63.4 Å². The predicted octanol–water partition coefficient (Wildman–Crippen LogP) is 2.94. The monoisotopic (exact) mass is 539 g/mol. The second kappa shape index (κ2) is 12.8. The summed E-state index contributed by atoms with van der Waals surface area (Å²) in [7, 11) is -2.34. The van der Waals surface area contributed by atoms with Gasteiger partial charge >= 0.3 is 0 Å². The van der Waals surface area contributed by atoms with Gasteiger partial charge in [0.1, 0.15) is 17.5 Å². The summed E-state index contributed by atoms with van der Waals surface area (Å²) in [5.74, 6) is -1.97. The van der Waals surface area contributed by atoms with E-state index in [1.807, 2.05) is 30.3 Å². The highest BCUT2D eigenvalue weighted by atomic mass is 32.2. The molecule has 2 aromatic rings. The van der Waals surface area contributed by atoms with Gasteiger partial charge in [-0.15, -0.1) is 5.10 Å². The van der Waals surface area contributed by atoms with Crippen LogP contribution >= 0.6 is 0 Å². The number of rotatable bonds is 12. The second-order valence-corrected chi connectivity index (χ2v) is 11.2. The minimum absolute atomic E-state index is 0.0279. The van der Waals surface area contributed by atoms with E-state index >= 15 is 0 Å². The molecule has 3 atom stereocenters. The van der Waals surface area contributed by atoms with Crippen LogP contribution in [0, 0.1) is 12.8 Å². The van der Waals surface area contributed by atoms with Gasteiger partial charge in [-0.25, -0.2) is 13.1 Å². The zero-order valence-electron chi connectivity index (χ0n) is 22.0. The Morgan fingerprint density at radius 3 is 2.45 bits per heavy atom. The van der Waals surface area contributed by atoms with Gasteiger partial charge in [-0.3, -0.25) is 14.4 Å². The van der Waals surface area contributed by atoms with E-state index in [1.165, 1.54) is 20.0 Å². The van der Waals surface area contributed by atoms with Gasteiger partial charge in [0.15, 0.2) is 0 Å². The van der Waals surface area contributed by atoms with Gasteiger partial charge in [0.2, 0.25) is 21.7 Å². The molecule has 0 fully saturated rings. The molecule has 10 nitrogen and oxygen atoms in total. The van der Waals surface area contributed by atoms with Crippen LogP contribution in [0.1, 0.15) is 43.4 Å². The summed E-state index contributed by atoms with van der Waals surface area (Å²) in [6, 6.07) is 13.0. The molecule has 38 heavy (non-hydrogen) atoms. The maximum Gasteiger partial charge on any atom is 0.240 e. The Labute approximate surface area is 223 Å². The molecule has 0 aliphatic carbocycles. The lowest BCUT2D eigenvalue weighted by molar-refractivity contribution is -0.133. The molecule has 0 saturated heterocycles. The highest BCUT2D eigenvalue weighted by molar-refractivity contribution is 7.89. The summed E-state index contributed by atoms with van der Waals surface area (Å²) in [5.41, 5.74) is 2.32. The number of carbonyl (C=O) groups excluding carboxylic acids is 3. The molecule has 3 rings (SSSR count). The van der Waals surface area contributed by atoms with E-state index in [2.05, 4.69) is 25.5 Å². The molecule has 0 spiro atoms. The average Bonchev–Trinajstić information content (AvgIpc) is 2.89. The Balaban J connectivity index is 1.64. The summed E-state index contributed by atoms with van der Waals surface area (Å²) < 4.78 is 26.9. The number of ketones is 2. The summed E-state index contributed by atoms with van der Waals surface area (Å²) in [6.45, 7) is 4.68. The van der Waals surface area contributed by atoms with Gasteiger partial charge in [0.25, 0.3) is 0 Å². The van der Waals surface area contributed by atoms with Gasteiger partial charge < -0.3 is 5.32 Å². The van der Waals surface area contributed by atoms with Crippen LogP contribution in [0.2, 0.25) is 0 Å². The fourth-order valence-corrected chi connectivity index (χ4v) is 5.31. The molecule has 202 valence electrons. The second-order valence-electron chi connectivity index (χ2n) is 9.35. The number of carbonyl (C=O) groups is 3. The van der Waals surface area contributed by atoms with Crippen LogP contribution in [0.25, 0.3) is 0 Å². The third-order valence-electron chi connectivity index (χ3n) is 6.52. The normalized spacial score (nSPS) is 17.0. The Morgan fingerprint density at radius 2 is 1.79 bits per heavy atom. The number of nitrogens with zero attached hydrogens (tertiary/aromatic N) is 3. The van der Waals surface area contributed by atoms with Crippen molar-refractivity contribution in [3.05, 3.63) is 65.2 Å². The molecule has 11 heteroatoms. The SMILES string of the molecule is CNS(=O)(=O)c1cc(CC2N=NN=C(C(C)NC(=O)C(CCCc3ccccc3)C(C)=O)C2=O)ccc1C. The maximum absolute atomic E-state index is 13.2. The summed E-state index contributed by atoms with van der Waals surface area (Å²) >= 11 is 0. The van der Waals surface area contributed by atoms with Crippen LogP contribution in [-0.2, 0) is 37.2 Å². The number of benzene rings is 2. The third kappa shape index (κ3) is 7.26. The van der Waals surface area contributed by atoms with E-state index < -0.39 is 39.7 Å². The van der Waals surface area contributed by atoms with E-state index in [0.717, 1.165) is 12.0 Å². The van der Waals surface area contributed by atoms with Gasteiger partial charge in [-0.2, -0.15) is 5.11 Å². The number of aryl methyl sites for hydroxylation is 2. The molecule has 2 aromatic carbocycles. The molecular formula is C27H33N5O5S. The van der Waals surface area contributed by atoms with E-state index in [-0.39, 0.29) is 22.8 Å². The Morgan fingerprint density at radius 1 is 1.08 bits per heavy atom. The fourth-order valence-electron chi connectivity index (χ4n) is 4.29. The molecular weight excluding hydrogens is 506 g/mol. The smallest absolute Gasteiger partial charge is 0.240 e. The first-order valence-corrected chi connectivity index (χ1v) is 13.9. The van der Waals surface area contributed by atoms with Crippen molar-refractivity contribution in [1.29, 1.82) is 0 Å². The van der Waals surface area contributed by atoms with E-state index in [0.29, 0.717) is 24.0 Å². The largest absolute Gasteiger partial charge is 0.347 e. The number of nitrogens with one attached hydrogen (secondary N) is 2. The topological polar surface area (TPSA) is 146 Å². The average molecular weight is 540 g/mol. The van der Waals surface area contributed by atoms with E-state index in [4.69, 9.17) is 0 Å². The highest BCUT2D eigenvalue weighted by Crippen LogP contribution is 2.20. The molecule has 1 amide bonds. The highest BCUT2D eigenvalue weighted by Gasteiger charge is 2.33. The van der Waals surface area contributed by atoms with Crippen LogP contribution in [0.15, 0.2) is 68.9 Å². The van der Waals surface area contributed by atoms with Crippen molar-refractivity contribution in [3.8, 4) is 0 Å². The van der Waals surface area contributed by atoms with Gasteiger partial charge in [0.05, 0.1) is 16.9 Å². The van der Waals surface area contributed by atoms with Gasteiger partial charge in [-0.05, 0) is 75.1 Å². The Kier molecular flexibility index (Phi) is 9.76. The molecule has 1 heterocycles. The minimum atomic E-state index is -3.67. The molecule has 0 radical (unpaired) electrons. The summed E-state index contributed by atoms with van der Waals surface area (Å²) in [5, 5.41) is 14.3. The summed E-state index contributed by atoms with van der Waals surface area (Å²) in [6.07, 6.45) is 1.91. The predicted molar refractivity (Wildman–Crippen MR) is 143 cm³/mol. The van der Waals surface area contributed by atoms with Gasteiger partial charge in [-0.1, -0.05) is 42.5 Å². The fraction of sp³-hybridized carbons (Fsp3) is 0.407. The van der Waals surface area contributed by atoms with Crippen molar-refractivity contribution >= 4 is 33.2 Å². The van der Waals surface area contributed by atoms with E-state index in [1.54, 1.807) is 26.0 Å². The summed E-state index contributed by atoms with van der Waals surface area (Å²) in [4.78, 5) is 38.4. The molecule has 3 unspecified atom stereocenters. The maximum atomic E-state index is 13.2. The van der Waals surface area contributed by atoms with Crippen LogP contribution in [0.3, 0.4) is 0 Å². The quantitative estimate of drug-likeness (QED) is 0.398. The zero-order chi connectivity index (χ0) is 27.9. The minimum Gasteiger partial charge on any atom is -0.347 e. The lowest BCUT2D eigenvalue weighted by atomic mass is 9.94. The van der Waals surface area contributed by atoms with Crippen molar-refractivity contribution in [3.63, 3.8) is 0 Å². The van der Waals surface area contributed by atoms with Crippen molar-refractivity contribution in [1.82, 2.24) is 10.0 Å². The molecule has 1 aliphatic heterocycles. The zero-order valence-corrected chi connectivity index (χ0v) is 22.8. The van der Waals surface area contributed by atoms with Crippen molar-refractivity contribution in [2.75, 3.05) is 7.05 Å². The molecule has 0 bridgehead atoms. The first kappa shape index (κ1) is 29.0. The van der Waals surface area contributed by atoms with Gasteiger partial charge in [0, 0.05) is 6.42 Å². The van der Waals surface area contributed by atoms with Crippen molar-refractivity contribution < 1.29 is 22.8 Å². The number of hydrogen-bond acceptors (Lipinski definition) is 8. The molecule has 0 aromatic heterocycles. The van der Waals surface area contributed by atoms with Crippen molar-refractivity contribution in [2.24, 2.45) is 21.4 Å². The Hall–Kier alpha value is -3.57. The first-order chi connectivity index (χ1) is 18.0. The number of sulfonamides is 1. The lowest BCUT2D eigenvalue weighted by Gasteiger charge is -2.22. The van der Waals surface area contributed by atoms with E-state index in [9.17, 15) is 22.8 Å². The third-order valence-corrected chi connectivity index (χ3v) is 8.07. The molecule has 1 aliphatic rings. The van der Waals surface area contributed by atoms with Crippen LogP contribution < -0.4 is 10.0 Å². The van der Waals surface area contributed by atoms with Crippen LogP contribution in [0.4, 0.5) is 0 Å². The Bertz CT molecular complexity index is 1360. The number of hydrogen-bond donors (Lipinski definition) is 2. The number of amides is 1. The van der Waals surface area contributed by atoms with Crippen LogP contribution in [-0.4, -0.2) is 50.7 Å². The standard InChI is InChI=1S/C27H33N5O5S/c1-17-13-14-21(16-24(17)38(36,37)28-4)15-23-26(34)25(31-32-30-23)18(2)29-27(35)22(19(3)33)12-8-11-20-9-6-5-7-10-20/h5-7,9-10,13-14,16,18,22-23,28H,8,11-12,15H2,1-4H3,(H,29,35). The van der Waals surface area contributed by atoms with Crippen LogP contribution in [0.5, 0.6) is 0 Å². The number of Topliss-reactive ketones (excluding diaryl/α,β-unsaturated/α-hetero) is 2. The molecule has 2 N–H and O–H groups in total. The first-order valence-electron chi connectivity index (χ1n) is 12.4.